The molecule has 5 N–H and O–H groups in total. The van der Waals surface area contributed by atoms with E-state index >= 15 is 0 Å². The molecule has 3 aliphatic rings. The number of aryl methyl sites for hydroxylation is 1. The molecule has 0 aromatic carbocycles. The smallest absolute Gasteiger partial charge is 0.409 e. The number of nitrogens with two attached hydrogens (primary N) is 2. The Kier molecular flexibility index (Phi) is 7.39. The molecule has 3 aliphatic carbocycles. The molecule has 3 saturated carbocycles. The predicted molar refractivity (Wildman–Crippen MR) is 130 cm³/mol. The zero-order valence-electron chi connectivity index (χ0n) is 20.8. The van der Waals surface area contributed by atoms with Crippen LogP contribution in [0.2, 0.25) is 0 Å². The average Bonchev–Trinajstić information content (AvgIpc) is 3.55. The zero-order valence-corrected chi connectivity index (χ0v) is 20.8. The molecule has 10 heteroatoms. The molecule has 0 spiro atoms. The number of pyridine rings is 1. The fourth-order valence-electron chi connectivity index (χ4n) is 5.20. The first-order chi connectivity index (χ1) is 16.6. The van der Waals surface area contributed by atoms with Gasteiger partial charge in [0.1, 0.15) is 12.4 Å². The summed E-state index contributed by atoms with van der Waals surface area (Å²) in [7, 11) is 3.36. The molecule has 0 radical (unpaired) electrons. The summed E-state index contributed by atoms with van der Waals surface area (Å²) in [6.07, 6.45) is 5.33. The Morgan fingerprint density at radius 1 is 1.20 bits per heavy atom. The molecule has 0 saturated heterocycles. The van der Waals surface area contributed by atoms with Crippen molar-refractivity contribution in [2.24, 2.45) is 35.2 Å². The van der Waals surface area contributed by atoms with Gasteiger partial charge in [0.15, 0.2) is 0 Å². The third kappa shape index (κ3) is 5.80. The van der Waals surface area contributed by atoms with Gasteiger partial charge in [-0.3, -0.25) is 4.79 Å². The van der Waals surface area contributed by atoms with E-state index in [0.717, 1.165) is 25.7 Å². The highest BCUT2D eigenvalue weighted by atomic mass is 16.6. The molecular formula is C25H37N5O5. The molecule has 1 aromatic heterocycles. The number of carboxylic acids is 1. The number of carbonyl (C=O) groups is 2. The normalized spacial score (nSPS) is 26.1. The summed E-state index contributed by atoms with van der Waals surface area (Å²) in [5.41, 5.74) is 8.26. The lowest BCUT2D eigenvalue weighted by atomic mass is 9.85. The summed E-state index contributed by atoms with van der Waals surface area (Å²) in [5.74, 6) is 6.83. The van der Waals surface area contributed by atoms with E-state index in [2.05, 4.69) is 4.98 Å². The van der Waals surface area contributed by atoms with Gasteiger partial charge in [-0.05, 0) is 68.9 Å². The van der Waals surface area contributed by atoms with Gasteiger partial charge in [-0.25, -0.2) is 15.6 Å². The summed E-state index contributed by atoms with van der Waals surface area (Å²) < 4.78 is 11.6. The fraction of sp³-hybridized carbons (Fsp3) is 0.640. The quantitative estimate of drug-likeness (QED) is 0.353. The summed E-state index contributed by atoms with van der Waals surface area (Å²) >= 11 is 0. The van der Waals surface area contributed by atoms with Gasteiger partial charge in [-0.15, -0.1) is 0 Å². The van der Waals surface area contributed by atoms with Crippen molar-refractivity contribution >= 4 is 17.8 Å². The minimum atomic E-state index is -0.734. The molecule has 0 aliphatic heterocycles. The molecule has 4 unspecified atom stereocenters. The van der Waals surface area contributed by atoms with E-state index < -0.39 is 12.1 Å². The fourth-order valence-corrected chi connectivity index (χ4v) is 5.20. The van der Waals surface area contributed by atoms with Crippen molar-refractivity contribution in [3.05, 3.63) is 29.2 Å². The van der Waals surface area contributed by atoms with E-state index in [9.17, 15) is 14.7 Å². The van der Waals surface area contributed by atoms with Crippen molar-refractivity contribution in [3.8, 4) is 5.75 Å². The number of amides is 1. The lowest BCUT2D eigenvalue weighted by Gasteiger charge is -2.30. The van der Waals surface area contributed by atoms with Crippen LogP contribution in [0.25, 0.3) is 5.70 Å². The molecule has 1 aromatic rings. The first-order valence-corrected chi connectivity index (χ1v) is 12.4. The van der Waals surface area contributed by atoms with Crippen LogP contribution < -0.4 is 16.3 Å². The molecule has 3 fully saturated rings. The van der Waals surface area contributed by atoms with Crippen LogP contribution in [0.4, 0.5) is 4.79 Å². The maximum Gasteiger partial charge on any atom is 0.409 e. The van der Waals surface area contributed by atoms with Gasteiger partial charge in [-0.2, -0.15) is 0 Å². The van der Waals surface area contributed by atoms with Crippen molar-refractivity contribution in [2.75, 3.05) is 27.2 Å². The molecule has 1 heterocycles. The molecule has 0 bridgehead atoms. The summed E-state index contributed by atoms with van der Waals surface area (Å²) in [6.45, 7) is 2.43. The maximum atomic E-state index is 12.4. The van der Waals surface area contributed by atoms with Gasteiger partial charge >= 0.3 is 12.1 Å². The Morgan fingerprint density at radius 3 is 2.54 bits per heavy atom. The molecule has 1 amide bonds. The number of rotatable bonds is 9. The van der Waals surface area contributed by atoms with Crippen LogP contribution >= 0.6 is 0 Å². The Labute approximate surface area is 206 Å². The maximum absolute atomic E-state index is 12.4. The molecule has 4 atom stereocenters. The van der Waals surface area contributed by atoms with E-state index in [1.54, 1.807) is 31.1 Å². The SMILES string of the molecule is Cc1nc(/C(N)=C(\COC(=O)N(C)CC2CCC2)N(C)N)ccc1OC1CC2CC2C(C(=O)O)C1. The number of likely N-dealkylation sites (N-methyl/N-ethyl adjacent to an activating group) is 1. The first kappa shape index (κ1) is 25.1. The number of hydrazine groups is 1. The third-order valence-corrected chi connectivity index (χ3v) is 7.64. The molecule has 35 heavy (non-hydrogen) atoms. The predicted octanol–water partition coefficient (Wildman–Crippen LogP) is 2.57. The standard InChI is InChI=1S/C25H37N5O5/c1-14-22(35-17-9-16-10-18(16)19(11-17)24(31)32)8-7-20(28-14)23(26)21(30(3)27)13-34-25(33)29(2)12-15-5-4-6-15/h7-8,15-19H,4-6,9-13,26-27H2,1-3H3,(H,31,32)/b23-21-. The number of aromatic nitrogens is 1. The van der Waals surface area contributed by atoms with Crippen molar-refractivity contribution in [1.29, 1.82) is 0 Å². The van der Waals surface area contributed by atoms with Crippen LogP contribution in [0.3, 0.4) is 0 Å². The van der Waals surface area contributed by atoms with Crippen LogP contribution in [-0.2, 0) is 9.53 Å². The number of hydrogen-bond donors (Lipinski definition) is 3. The van der Waals surface area contributed by atoms with E-state index in [1.165, 1.54) is 11.4 Å². The monoisotopic (exact) mass is 487 g/mol. The number of hydrogen-bond acceptors (Lipinski definition) is 8. The van der Waals surface area contributed by atoms with Gasteiger partial charge < -0.3 is 30.2 Å². The van der Waals surface area contributed by atoms with E-state index in [0.29, 0.717) is 59.3 Å². The van der Waals surface area contributed by atoms with Crippen LogP contribution in [0, 0.1) is 30.6 Å². The molecule has 4 rings (SSSR count). The second-order valence-electron chi connectivity index (χ2n) is 10.3. The van der Waals surface area contributed by atoms with Gasteiger partial charge in [-0.1, -0.05) is 6.42 Å². The second kappa shape index (κ2) is 10.3. The lowest BCUT2D eigenvalue weighted by molar-refractivity contribution is -0.144. The highest BCUT2D eigenvalue weighted by Gasteiger charge is 2.51. The summed E-state index contributed by atoms with van der Waals surface area (Å²) in [4.78, 5) is 30.1. The van der Waals surface area contributed by atoms with Crippen molar-refractivity contribution < 1.29 is 24.2 Å². The average molecular weight is 488 g/mol. The van der Waals surface area contributed by atoms with Crippen molar-refractivity contribution in [2.45, 2.75) is 51.6 Å². The molecular weight excluding hydrogens is 450 g/mol. The van der Waals surface area contributed by atoms with Crippen LogP contribution in [0.5, 0.6) is 5.75 Å². The van der Waals surface area contributed by atoms with Crippen LogP contribution in [0.1, 0.15) is 49.9 Å². The Hall–Kier alpha value is -3.01. The van der Waals surface area contributed by atoms with Gasteiger partial charge in [0.2, 0.25) is 0 Å². The van der Waals surface area contributed by atoms with Crippen molar-refractivity contribution in [3.63, 3.8) is 0 Å². The number of aliphatic carboxylic acids is 1. The number of ether oxygens (including phenoxy) is 2. The molecule has 10 nitrogen and oxygen atoms in total. The second-order valence-corrected chi connectivity index (χ2v) is 10.3. The van der Waals surface area contributed by atoms with E-state index in [-0.39, 0.29) is 18.6 Å². The Bertz CT molecular complexity index is 992. The summed E-state index contributed by atoms with van der Waals surface area (Å²) in [6, 6.07) is 3.54. The highest BCUT2D eigenvalue weighted by molar-refractivity contribution is 5.71. The van der Waals surface area contributed by atoms with Gasteiger partial charge in [0.25, 0.3) is 0 Å². The zero-order chi connectivity index (χ0) is 25.3. The molecule has 192 valence electrons. The number of carbonyl (C=O) groups excluding carboxylic acids is 1. The van der Waals surface area contributed by atoms with Gasteiger partial charge in [0, 0.05) is 20.6 Å². The van der Waals surface area contributed by atoms with E-state index in [1.807, 2.05) is 6.92 Å². The topological polar surface area (TPSA) is 144 Å². The number of carboxylic acid groups (broad SMARTS) is 1. The van der Waals surface area contributed by atoms with E-state index in [4.69, 9.17) is 21.1 Å². The Morgan fingerprint density at radius 2 is 1.94 bits per heavy atom. The minimum absolute atomic E-state index is 0.0765. The highest BCUT2D eigenvalue weighted by Crippen LogP contribution is 2.53. The number of nitrogens with zero attached hydrogens (tertiary/aromatic N) is 3. The third-order valence-electron chi connectivity index (χ3n) is 7.64. The first-order valence-electron chi connectivity index (χ1n) is 12.4. The van der Waals surface area contributed by atoms with Crippen LogP contribution in [-0.4, -0.2) is 65.4 Å². The summed E-state index contributed by atoms with van der Waals surface area (Å²) in [5, 5.41) is 10.8. The van der Waals surface area contributed by atoms with Crippen molar-refractivity contribution in [1.82, 2.24) is 14.9 Å². The number of fused-ring (bicyclic) bond motifs is 1. The van der Waals surface area contributed by atoms with Gasteiger partial charge in [0.05, 0.1) is 34.8 Å². The lowest BCUT2D eigenvalue weighted by Crippen LogP contribution is -2.37. The largest absolute Gasteiger partial charge is 0.488 e. The minimum Gasteiger partial charge on any atom is -0.488 e. The Balaban J connectivity index is 1.40. The van der Waals surface area contributed by atoms with Crippen LogP contribution in [0.15, 0.2) is 17.8 Å².